The molecule has 0 amide bonds. The number of ether oxygens (including phenoxy) is 1. The molecule has 1 aliphatic heterocycles. The summed E-state index contributed by atoms with van der Waals surface area (Å²) in [7, 11) is 0. The van der Waals surface area contributed by atoms with Gasteiger partial charge in [-0.25, -0.2) is 0 Å². The molecule has 0 aromatic heterocycles. The Bertz CT molecular complexity index is 386. The Balaban J connectivity index is 2.40. The van der Waals surface area contributed by atoms with Crippen molar-refractivity contribution in [2.24, 2.45) is 0 Å². The number of fused-ring (bicyclic) bond motifs is 1. The molecule has 0 saturated carbocycles. The summed E-state index contributed by atoms with van der Waals surface area (Å²) in [6.45, 7) is 4.19. The van der Waals surface area contributed by atoms with Crippen LogP contribution < -0.4 is 4.74 Å². The zero-order valence-electron chi connectivity index (χ0n) is 9.66. The van der Waals surface area contributed by atoms with Crippen LogP contribution in [0.3, 0.4) is 0 Å². The zero-order valence-corrected chi connectivity index (χ0v) is 10.4. The Kier molecular flexibility index (Phi) is 3.13. The molecule has 1 atom stereocenters. The molecule has 1 aliphatic rings. The molecule has 1 N–H and O–H groups in total. The Morgan fingerprint density at radius 3 is 2.75 bits per heavy atom. The SMILES string of the molecule is CCC1(CC)C[C@@H](O)c2cc(Cl)ccc2O1. The van der Waals surface area contributed by atoms with Crippen LogP contribution in [0.5, 0.6) is 5.75 Å². The van der Waals surface area contributed by atoms with Crippen LogP contribution in [0.15, 0.2) is 18.2 Å². The van der Waals surface area contributed by atoms with Gasteiger partial charge in [-0.2, -0.15) is 0 Å². The van der Waals surface area contributed by atoms with Gasteiger partial charge < -0.3 is 9.84 Å². The van der Waals surface area contributed by atoms with E-state index in [0.717, 1.165) is 24.2 Å². The maximum Gasteiger partial charge on any atom is 0.126 e. The number of hydrogen-bond acceptors (Lipinski definition) is 2. The lowest BCUT2D eigenvalue weighted by molar-refractivity contribution is -0.0195. The third-order valence-corrected chi connectivity index (χ3v) is 3.75. The van der Waals surface area contributed by atoms with Crippen molar-refractivity contribution in [2.75, 3.05) is 0 Å². The van der Waals surface area contributed by atoms with Crippen LogP contribution in [-0.2, 0) is 0 Å². The Morgan fingerprint density at radius 1 is 1.44 bits per heavy atom. The predicted octanol–water partition coefficient (Wildman–Crippen LogP) is 3.71. The van der Waals surface area contributed by atoms with Crippen molar-refractivity contribution in [1.29, 1.82) is 0 Å². The van der Waals surface area contributed by atoms with Gasteiger partial charge in [0.15, 0.2) is 0 Å². The van der Waals surface area contributed by atoms with Crippen LogP contribution in [0.25, 0.3) is 0 Å². The Hall–Kier alpha value is -0.730. The number of halogens is 1. The first-order chi connectivity index (χ1) is 7.60. The quantitative estimate of drug-likeness (QED) is 0.854. The van der Waals surface area contributed by atoms with E-state index in [0.29, 0.717) is 11.4 Å². The highest BCUT2D eigenvalue weighted by Gasteiger charge is 2.37. The fourth-order valence-corrected chi connectivity index (χ4v) is 2.47. The highest BCUT2D eigenvalue weighted by molar-refractivity contribution is 6.30. The number of aliphatic hydroxyl groups excluding tert-OH is 1. The largest absolute Gasteiger partial charge is 0.487 e. The molecule has 0 radical (unpaired) electrons. The van der Waals surface area contributed by atoms with Crippen LogP contribution in [0.4, 0.5) is 0 Å². The van der Waals surface area contributed by atoms with Gasteiger partial charge in [-0.15, -0.1) is 0 Å². The minimum Gasteiger partial charge on any atom is -0.487 e. The summed E-state index contributed by atoms with van der Waals surface area (Å²) < 4.78 is 6.02. The highest BCUT2D eigenvalue weighted by Crippen LogP contribution is 2.43. The van der Waals surface area contributed by atoms with Gasteiger partial charge in [0, 0.05) is 17.0 Å². The summed E-state index contributed by atoms with van der Waals surface area (Å²) in [4.78, 5) is 0. The number of rotatable bonds is 2. The standard InChI is InChI=1S/C13H17ClO2/c1-3-13(4-2)8-11(15)10-7-9(14)5-6-12(10)16-13/h5-7,11,15H,3-4,8H2,1-2H3/t11-/m1/s1. The van der Waals surface area contributed by atoms with E-state index < -0.39 is 6.10 Å². The van der Waals surface area contributed by atoms with Gasteiger partial charge >= 0.3 is 0 Å². The van der Waals surface area contributed by atoms with E-state index in [9.17, 15) is 5.11 Å². The van der Waals surface area contributed by atoms with Crippen molar-refractivity contribution in [3.8, 4) is 5.75 Å². The summed E-state index contributed by atoms with van der Waals surface area (Å²) in [6.07, 6.45) is 1.99. The van der Waals surface area contributed by atoms with Gasteiger partial charge in [0.25, 0.3) is 0 Å². The summed E-state index contributed by atoms with van der Waals surface area (Å²) in [5.41, 5.74) is 0.588. The lowest BCUT2D eigenvalue weighted by Crippen LogP contribution is -2.39. The van der Waals surface area contributed by atoms with E-state index in [1.165, 1.54) is 0 Å². The maximum atomic E-state index is 10.1. The third-order valence-electron chi connectivity index (χ3n) is 3.51. The second kappa shape index (κ2) is 4.27. The average molecular weight is 241 g/mol. The molecule has 0 fully saturated rings. The fourth-order valence-electron chi connectivity index (χ4n) is 2.29. The molecule has 2 nitrogen and oxygen atoms in total. The second-order valence-corrected chi connectivity index (χ2v) is 4.83. The van der Waals surface area contributed by atoms with Crippen LogP contribution >= 0.6 is 11.6 Å². The summed E-state index contributed by atoms with van der Waals surface area (Å²) in [6, 6.07) is 5.44. The molecule has 88 valence electrons. The number of benzene rings is 1. The highest BCUT2D eigenvalue weighted by atomic mass is 35.5. The van der Waals surface area contributed by atoms with E-state index in [1.54, 1.807) is 12.1 Å². The normalized spacial score (nSPS) is 22.4. The van der Waals surface area contributed by atoms with Gasteiger partial charge in [0.05, 0.1) is 6.10 Å². The first-order valence-electron chi connectivity index (χ1n) is 5.77. The molecular weight excluding hydrogens is 224 g/mol. The molecule has 0 saturated heterocycles. The van der Waals surface area contributed by atoms with E-state index in [2.05, 4.69) is 13.8 Å². The van der Waals surface area contributed by atoms with Crippen LogP contribution in [0, 0.1) is 0 Å². The van der Waals surface area contributed by atoms with Crippen molar-refractivity contribution in [2.45, 2.75) is 44.8 Å². The zero-order chi connectivity index (χ0) is 11.8. The van der Waals surface area contributed by atoms with Crippen molar-refractivity contribution in [3.63, 3.8) is 0 Å². The third kappa shape index (κ3) is 1.92. The molecule has 1 heterocycles. The lowest BCUT2D eigenvalue weighted by atomic mass is 9.85. The molecule has 1 aromatic carbocycles. The number of aliphatic hydroxyl groups is 1. The predicted molar refractivity (Wildman–Crippen MR) is 65.0 cm³/mol. The van der Waals surface area contributed by atoms with E-state index in [4.69, 9.17) is 16.3 Å². The Morgan fingerprint density at radius 2 is 2.12 bits per heavy atom. The molecule has 1 aromatic rings. The first-order valence-corrected chi connectivity index (χ1v) is 6.14. The minimum atomic E-state index is -0.470. The Labute approximate surface area is 101 Å². The number of hydrogen-bond donors (Lipinski definition) is 1. The molecular formula is C13H17ClO2. The lowest BCUT2D eigenvalue weighted by Gasteiger charge is -2.39. The van der Waals surface area contributed by atoms with Crippen LogP contribution in [-0.4, -0.2) is 10.7 Å². The molecule has 0 spiro atoms. The van der Waals surface area contributed by atoms with Gasteiger partial charge in [-0.1, -0.05) is 25.4 Å². The summed E-state index contributed by atoms with van der Waals surface area (Å²) >= 11 is 5.91. The molecule has 16 heavy (non-hydrogen) atoms. The van der Waals surface area contributed by atoms with Gasteiger partial charge in [-0.05, 0) is 31.0 Å². The fraction of sp³-hybridized carbons (Fsp3) is 0.538. The van der Waals surface area contributed by atoms with Crippen molar-refractivity contribution < 1.29 is 9.84 Å². The van der Waals surface area contributed by atoms with Crippen LogP contribution in [0.1, 0.15) is 44.8 Å². The summed E-state index contributed by atoms with van der Waals surface area (Å²) in [5.74, 6) is 0.770. The van der Waals surface area contributed by atoms with Gasteiger partial charge in [0.2, 0.25) is 0 Å². The first kappa shape index (κ1) is 11.7. The summed E-state index contributed by atoms with van der Waals surface area (Å²) in [5, 5.41) is 10.8. The van der Waals surface area contributed by atoms with E-state index in [-0.39, 0.29) is 5.60 Å². The second-order valence-electron chi connectivity index (χ2n) is 4.39. The smallest absolute Gasteiger partial charge is 0.126 e. The molecule has 0 bridgehead atoms. The average Bonchev–Trinajstić information content (AvgIpc) is 2.30. The topological polar surface area (TPSA) is 29.5 Å². The van der Waals surface area contributed by atoms with Crippen molar-refractivity contribution >= 4 is 11.6 Å². The van der Waals surface area contributed by atoms with E-state index in [1.807, 2.05) is 6.07 Å². The van der Waals surface area contributed by atoms with Crippen molar-refractivity contribution in [3.05, 3.63) is 28.8 Å². The molecule has 3 heteroatoms. The van der Waals surface area contributed by atoms with Gasteiger partial charge in [-0.3, -0.25) is 0 Å². The van der Waals surface area contributed by atoms with Crippen molar-refractivity contribution in [1.82, 2.24) is 0 Å². The molecule has 0 unspecified atom stereocenters. The molecule has 2 rings (SSSR count). The molecule has 0 aliphatic carbocycles. The van der Waals surface area contributed by atoms with E-state index >= 15 is 0 Å². The van der Waals surface area contributed by atoms with Gasteiger partial charge in [0.1, 0.15) is 11.4 Å². The monoisotopic (exact) mass is 240 g/mol. The van der Waals surface area contributed by atoms with Crippen LogP contribution in [0.2, 0.25) is 5.02 Å². The maximum absolute atomic E-state index is 10.1. The minimum absolute atomic E-state index is 0.222.